The molecule has 2 N–H and O–H groups in total. The number of sulfonamides is 1. The van der Waals surface area contributed by atoms with E-state index in [4.69, 9.17) is 5.73 Å². The van der Waals surface area contributed by atoms with Crippen LogP contribution in [0.1, 0.15) is 25.7 Å². The summed E-state index contributed by atoms with van der Waals surface area (Å²) in [6.07, 6.45) is 3.00. The zero-order valence-corrected chi connectivity index (χ0v) is 12.5. The first kappa shape index (κ1) is 13.9. The standard InChI is InChI=1S/C9H16BrN5O2S/c1-14-9(8(10)12-13-14)18(16,17)15-6-4-2-3-5-7(15)11/h7H,2-6,11H2,1H3. The van der Waals surface area contributed by atoms with Crippen molar-refractivity contribution in [3.05, 3.63) is 4.60 Å². The average Bonchev–Trinajstić information content (AvgIpc) is 2.50. The summed E-state index contributed by atoms with van der Waals surface area (Å²) in [7, 11) is -2.10. The van der Waals surface area contributed by atoms with Gasteiger partial charge < -0.3 is 5.73 Å². The highest BCUT2D eigenvalue weighted by molar-refractivity contribution is 9.10. The number of aromatic nitrogens is 3. The third-order valence-corrected chi connectivity index (χ3v) is 5.85. The largest absolute Gasteiger partial charge is 0.315 e. The molecule has 0 radical (unpaired) electrons. The van der Waals surface area contributed by atoms with Gasteiger partial charge >= 0.3 is 0 Å². The number of nitrogens with two attached hydrogens (primary N) is 1. The van der Waals surface area contributed by atoms with Crippen molar-refractivity contribution in [3.63, 3.8) is 0 Å². The third kappa shape index (κ3) is 2.44. The van der Waals surface area contributed by atoms with Crippen LogP contribution in [0.25, 0.3) is 0 Å². The minimum atomic E-state index is -3.65. The lowest BCUT2D eigenvalue weighted by Gasteiger charge is -2.25. The zero-order valence-electron chi connectivity index (χ0n) is 10.1. The smallest absolute Gasteiger partial charge is 0.264 e. The lowest BCUT2D eigenvalue weighted by atomic mass is 10.2. The Bertz CT molecular complexity index is 510. The van der Waals surface area contributed by atoms with E-state index in [0.717, 1.165) is 19.3 Å². The Labute approximate surface area is 115 Å². The van der Waals surface area contributed by atoms with Gasteiger partial charge in [-0.25, -0.2) is 13.1 Å². The maximum absolute atomic E-state index is 12.6. The molecule has 1 aliphatic rings. The molecule has 18 heavy (non-hydrogen) atoms. The summed E-state index contributed by atoms with van der Waals surface area (Å²) in [5, 5.41) is 7.46. The van der Waals surface area contributed by atoms with Gasteiger partial charge in [0.25, 0.3) is 10.0 Å². The number of hydrogen-bond donors (Lipinski definition) is 1. The Balaban J connectivity index is 2.41. The van der Waals surface area contributed by atoms with Crippen molar-refractivity contribution < 1.29 is 8.42 Å². The van der Waals surface area contributed by atoms with Crippen LogP contribution in [0.15, 0.2) is 9.63 Å². The molecule has 1 fully saturated rings. The Kier molecular flexibility index (Phi) is 4.05. The summed E-state index contributed by atoms with van der Waals surface area (Å²) in [6.45, 7) is 0.446. The Morgan fingerprint density at radius 2 is 2.11 bits per heavy atom. The summed E-state index contributed by atoms with van der Waals surface area (Å²) in [5.41, 5.74) is 5.95. The molecule has 0 spiro atoms. The molecule has 1 unspecified atom stereocenters. The van der Waals surface area contributed by atoms with Gasteiger partial charge in [0.1, 0.15) is 0 Å². The van der Waals surface area contributed by atoms with Crippen molar-refractivity contribution >= 4 is 26.0 Å². The van der Waals surface area contributed by atoms with Crippen LogP contribution in [0, 0.1) is 0 Å². The number of hydrogen-bond acceptors (Lipinski definition) is 5. The second kappa shape index (κ2) is 5.24. The average molecular weight is 338 g/mol. The van der Waals surface area contributed by atoms with E-state index in [1.165, 1.54) is 8.99 Å². The molecule has 9 heteroatoms. The molecule has 0 aromatic carbocycles. The van der Waals surface area contributed by atoms with Gasteiger partial charge in [0.2, 0.25) is 5.03 Å². The molecule has 1 saturated heterocycles. The van der Waals surface area contributed by atoms with E-state index in [1.54, 1.807) is 7.05 Å². The van der Waals surface area contributed by atoms with E-state index in [0.29, 0.717) is 13.0 Å². The summed E-state index contributed by atoms with van der Waals surface area (Å²) >= 11 is 3.12. The maximum atomic E-state index is 12.6. The molecular weight excluding hydrogens is 322 g/mol. The number of nitrogens with zero attached hydrogens (tertiary/aromatic N) is 4. The van der Waals surface area contributed by atoms with Gasteiger partial charge in [-0.2, -0.15) is 4.31 Å². The fourth-order valence-electron chi connectivity index (χ4n) is 2.11. The van der Waals surface area contributed by atoms with Gasteiger partial charge in [-0.1, -0.05) is 18.1 Å². The van der Waals surface area contributed by atoms with Gasteiger partial charge in [0, 0.05) is 13.6 Å². The molecule has 1 aromatic heterocycles. The van der Waals surface area contributed by atoms with Crippen molar-refractivity contribution in [2.45, 2.75) is 36.9 Å². The predicted molar refractivity (Wildman–Crippen MR) is 69.0 cm³/mol. The van der Waals surface area contributed by atoms with Gasteiger partial charge in [-0.05, 0) is 28.8 Å². The SMILES string of the molecule is Cn1nnc(Br)c1S(=O)(=O)N1CCCCCC1N. The molecule has 2 heterocycles. The van der Waals surface area contributed by atoms with E-state index in [9.17, 15) is 8.42 Å². The Morgan fingerprint density at radius 3 is 2.72 bits per heavy atom. The molecule has 0 saturated carbocycles. The number of halogens is 1. The van der Waals surface area contributed by atoms with Crippen LogP contribution in [0.5, 0.6) is 0 Å². The second-order valence-corrected chi connectivity index (χ2v) is 6.90. The van der Waals surface area contributed by atoms with Gasteiger partial charge in [0.05, 0.1) is 6.17 Å². The quantitative estimate of drug-likeness (QED) is 0.844. The van der Waals surface area contributed by atoms with Crippen LogP contribution in [0.4, 0.5) is 0 Å². The summed E-state index contributed by atoms with van der Waals surface area (Å²) in [5.74, 6) is 0. The molecule has 0 aliphatic carbocycles. The lowest BCUT2D eigenvalue weighted by Crippen LogP contribution is -2.45. The molecular formula is C9H16BrN5O2S. The summed E-state index contributed by atoms with van der Waals surface area (Å²) < 4.78 is 28.0. The first-order chi connectivity index (χ1) is 8.44. The van der Waals surface area contributed by atoms with Crippen molar-refractivity contribution in [2.24, 2.45) is 12.8 Å². The van der Waals surface area contributed by atoms with Crippen LogP contribution < -0.4 is 5.73 Å². The van der Waals surface area contributed by atoms with Crippen LogP contribution in [-0.4, -0.2) is 40.4 Å². The van der Waals surface area contributed by atoms with E-state index >= 15 is 0 Å². The maximum Gasteiger partial charge on any atom is 0.264 e. The van der Waals surface area contributed by atoms with Crippen LogP contribution >= 0.6 is 15.9 Å². The monoisotopic (exact) mass is 337 g/mol. The fourth-order valence-corrected chi connectivity index (χ4v) is 4.73. The normalized spacial score (nSPS) is 22.9. The molecule has 7 nitrogen and oxygen atoms in total. The highest BCUT2D eigenvalue weighted by atomic mass is 79.9. The first-order valence-corrected chi connectivity index (χ1v) is 8.00. The molecule has 2 rings (SSSR count). The minimum absolute atomic E-state index is 0.0554. The van der Waals surface area contributed by atoms with E-state index in [1.807, 2.05) is 0 Å². The van der Waals surface area contributed by atoms with Crippen molar-refractivity contribution in [1.29, 1.82) is 0 Å². The Hall–Kier alpha value is -0.510. The molecule has 102 valence electrons. The van der Waals surface area contributed by atoms with Gasteiger partial charge in [-0.3, -0.25) is 0 Å². The highest BCUT2D eigenvalue weighted by Crippen LogP contribution is 2.26. The van der Waals surface area contributed by atoms with Crippen LogP contribution in [0.3, 0.4) is 0 Å². The van der Waals surface area contributed by atoms with Crippen molar-refractivity contribution in [1.82, 2.24) is 19.3 Å². The fraction of sp³-hybridized carbons (Fsp3) is 0.778. The summed E-state index contributed by atoms with van der Waals surface area (Å²) in [4.78, 5) is 0. The summed E-state index contributed by atoms with van der Waals surface area (Å²) in [6, 6.07) is 0. The molecule has 1 aliphatic heterocycles. The van der Waals surface area contributed by atoms with Crippen LogP contribution in [-0.2, 0) is 17.1 Å². The zero-order chi connectivity index (χ0) is 13.3. The van der Waals surface area contributed by atoms with E-state index < -0.39 is 16.2 Å². The van der Waals surface area contributed by atoms with Gasteiger partial charge in [0.15, 0.2) is 4.60 Å². The number of rotatable bonds is 2. The van der Waals surface area contributed by atoms with E-state index in [-0.39, 0.29) is 9.63 Å². The molecule has 1 atom stereocenters. The van der Waals surface area contributed by atoms with Crippen LogP contribution in [0.2, 0.25) is 0 Å². The molecule has 0 amide bonds. The topological polar surface area (TPSA) is 94.1 Å². The second-order valence-electron chi connectivity index (χ2n) is 4.34. The number of aryl methyl sites for hydroxylation is 1. The predicted octanol–water partition coefficient (Wildman–Crippen LogP) is 0.427. The van der Waals surface area contributed by atoms with E-state index in [2.05, 4.69) is 26.2 Å². The van der Waals surface area contributed by atoms with Crippen molar-refractivity contribution in [2.75, 3.05) is 6.54 Å². The molecule has 1 aromatic rings. The third-order valence-electron chi connectivity index (χ3n) is 3.04. The lowest BCUT2D eigenvalue weighted by molar-refractivity contribution is 0.326. The van der Waals surface area contributed by atoms with Gasteiger partial charge in [-0.15, -0.1) is 5.10 Å². The van der Waals surface area contributed by atoms with Crippen molar-refractivity contribution in [3.8, 4) is 0 Å². The Morgan fingerprint density at radius 1 is 1.39 bits per heavy atom. The minimum Gasteiger partial charge on any atom is -0.315 e. The first-order valence-electron chi connectivity index (χ1n) is 5.77. The highest BCUT2D eigenvalue weighted by Gasteiger charge is 2.34. The molecule has 0 bridgehead atoms.